The van der Waals surface area contributed by atoms with Gasteiger partial charge in [-0.15, -0.1) is 0 Å². The van der Waals surface area contributed by atoms with Gasteiger partial charge in [-0.2, -0.15) is 13.2 Å². The molecule has 1 aromatic rings. The van der Waals surface area contributed by atoms with E-state index in [4.69, 9.17) is 0 Å². The van der Waals surface area contributed by atoms with E-state index in [1.807, 2.05) is 0 Å². The first-order valence-electron chi connectivity index (χ1n) is 5.70. The molecule has 0 saturated carbocycles. The normalized spacial score (nSPS) is 11.5. The SMILES string of the molecule is CC(C)C(=O)CC(=O)Nc1cccc(C(F)(F)F)c1. The molecule has 0 aromatic heterocycles. The molecule has 0 aliphatic rings. The molecule has 0 bridgehead atoms. The first kappa shape index (κ1) is 15.2. The number of ketones is 1. The molecule has 19 heavy (non-hydrogen) atoms. The highest BCUT2D eigenvalue weighted by Crippen LogP contribution is 2.30. The Morgan fingerprint density at radius 2 is 1.89 bits per heavy atom. The molecule has 3 nitrogen and oxygen atoms in total. The first-order valence-corrected chi connectivity index (χ1v) is 5.70. The number of hydrogen-bond donors (Lipinski definition) is 1. The average molecular weight is 273 g/mol. The van der Waals surface area contributed by atoms with Crippen molar-refractivity contribution in [2.45, 2.75) is 26.4 Å². The third-order valence-electron chi connectivity index (χ3n) is 2.45. The van der Waals surface area contributed by atoms with Crippen LogP contribution in [-0.2, 0) is 15.8 Å². The molecule has 0 spiro atoms. The smallest absolute Gasteiger partial charge is 0.326 e. The number of alkyl halides is 3. The zero-order valence-electron chi connectivity index (χ0n) is 10.5. The van der Waals surface area contributed by atoms with Gasteiger partial charge in [-0.1, -0.05) is 19.9 Å². The summed E-state index contributed by atoms with van der Waals surface area (Å²) in [4.78, 5) is 22.8. The van der Waals surface area contributed by atoms with Gasteiger partial charge in [0.2, 0.25) is 5.91 Å². The molecule has 0 saturated heterocycles. The minimum atomic E-state index is -4.46. The number of hydrogen-bond acceptors (Lipinski definition) is 2. The van der Waals surface area contributed by atoms with Crippen LogP contribution in [0.2, 0.25) is 0 Å². The highest BCUT2D eigenvalue weighted by Gasteiger charge is 2.30. The van der Waals surface area contributed by atoms with Gasteiger partial charge in [0.15, 0.2) is 0 Å². The number of carbonyl (C=O) groups is 2. The maximum Gasteiger partial charge on any atom is 0.416 e. The van der Waals surface area contributed by atoms with Crippen LogP contribution < -0.4 is 5.32 Å². The van der Waals surface area contributed by atoms with Crippen molar-refractivity contribution in [3.05, 3.63) is 29.8 Å². The van der Waals surface area contributed by atoms with E-state index in [0.717, 1.165) is 12.1 Å². The van der Waals surface area contributed by atoms with Crippen LogP contribution in [0.15, 0.2) is 24.3 Å². The second-order valence-corrected chi connectivity index (χ2v) is 4.42. The van der Waals surface area contributed by atoms with Crippen LogP contribution in [0, 0.1) is 5.92 Å². The highest BCUT2D eigenvalue weighted by molar-refractivity contribution is 6.04. The van der Waals surface area contributed by atoms with E-state index in [1.54, 1.807) is 13.8 Å². The van der Waals surface area contributed by atoms with Crippen LogP contribution in [0.5, 0.6) is 0 Å². The van der Waals surface area contributed by atoms with Gasteiger partial charge < -0.3 is 5.32 Å². The van der Waals surface area contributed by atoms with Crippen molar-refractivity contribution in [1.82, 2.24) is 0 Å². The fraction of sp³-hybridized carbons (Fsp3) is 0.385. The number of amides is 1. The lowest BCUT2D eigenvalue weighted by Crippen LogP contribution is -2.19. The van der Waals surface area contributed by atoms with Gasteiger partial charge in [-0.05, 0) is 18.2 Å². The number of rotatable bonds is 4. The second kappa shape index (κ2) is 5.86. The molecule has 6 heteroatoms. The molecule has 0 heterocycles. The summed E-state index contributed by atoms with van der Waals surface area (Å²) in [5.74, 6) is -1.16. The lowest BCUT2D eigenvalue weighted by molar-refractivity contribution is -0.137. The predicted molar refractivity (Wildman–Crippen MR) is 64.5 cm³/mol. The van der Waals surface area contributed by atoms with E-state index in [2.05, 4.69) is 5.32 Å². The molecular formula is C13H14F3NO2. The topological polar surface area (TPSA) is 46.2 Å². The van der Waals surface area contributed by atoms with E-state index >= 15 is 0 Å². The highest BCUT2D eigenvalue weighted by atomic mass is 19.4. The predicted octanol–water partition coefficient (Wildman–Crippen LogP) is 3.26. The number of halogens is 3. The summed E-state index contributed by atoms with van der Waals surface area (Å²) < 4.78 is 37.4. The van der Waals surface area contributed by atoms with E-state index in [-0.39, 0.29) is 23.8 Å². The lowest BCUT2D eigenvalue weighted by Gasteiger charge is -2.10. The quantitative estimate of drug-likeness (QED) is 0.856. The van der Waals surface area contributed by atoms with Crippen molar-refractivity contribution >= 4 is 17.4 Å². The van der Waals surface area contributed by atoms with E-state index < -0.39 is 17.6 Å². The Kier molecular flexibility index (Phi) is 4.69. The van der Waals surface area contributed by atoms with Crippen molar-refractivity contribution < 1.29 is 22.8 Å². The minimum absolute atomic E-state index is 0.0244. The Labute approximate surface area is 108 Å². The number of anilines is 1. The molecule has 104 valence electrons. The molecule has 1 amide bonds. The first-order chi connectivity index (χ1) is 8.70. The molecule has 0 aliphatic heterocycles. The van der Waals surface area contributed by atoms with Crippen LogP contribution >= 0.6 is 0 Å². The zero-order valence-corrected chi connectivity index (χ0v) is 10.5. The van der Waals surface area contributed by atoms with Crippen molar-refractivity contribution in [1.29, 1.82) is 0 Å². The Bertz CT molecular complexity index is 481. The summed E-state index contributed by atoms with van der Waals surface area (Å²) in [5.41, 5.74) is -0.822. The Hall–Kier alpha value is -1.85. The summed E-state index contributed by atoms with van der Waals surface area (Å²) in [5, 5.41) is 2.28. The molecule has 0 atom stereocenters. The summed E-state index contributed by atoms with van der Waals surface area (Å²) in [6.45, 7) is 3.31. The van der Waals surface area contributed by atoms with Crippen LogP contribution in [0.3, 0.4) is 0 Å². The maximum absolute atomic E-state index is 12.5. The van der Waals surface area contributed by atoms with E-state index in [1.165, 1.54) is 12.1 Å². The zero-order chi connectivity index (χ0) is 14.6. The number of benzene rings is 1. The van der Waals surface area contributed by atoms with Gasteiger partial charge in [0.05, 0.1) is 12.0 Å². The fourth-order valence-corrected chi connectivity index (χ4v) is 1.34. The molecular weight excluding hydrogens is 259 g/mol. The third kappa shape index (κ3) is 4.73. The summed E-state index contributed by atoms with van der Waals surface area (Å²) in [7, 11) is 0. The Morgan fingerprint density at radius 1 is 1.26 bits per heavy atom. The van der Waals surface area contributed by atoms with Crippen LogP contribution in [-0.4, -0.2) is 11.7 Å². The third-order valence-corrected chi connectivity index (χ3v) is 2.45. The standard InChI is InChI=1S/C13H14F3NO2/c1-8(2)11(18)7-12(19)17-10-5-3-4-9(6-10)13(14,15)16/h3-6,8H,7H2,1-2H3,(H,17,19). The van der Waals surface area contributed by atoms with Crippen LogP contribution in [0.1, 0.15) is 25.8 Å². The molecule has 0 fully saturated rings. The number of carbonyl (C=O) groups excluding carboxylic acids is 2. The number of nitrogens with one attached hydrogen (secondary N) is 1. The van der Waals surface area contributed by atoms with Gasteiger partial charge in [0.1, 0.15) is 5.78 Å². The van der Waals surface area contributed by atoms with Gasteiger partial charge >= 0.3 is 6.18 Å². The van der Waals surface area contributed by atoms with E-state index in [0.29, 0.717) is 0 Å². The largest absolute Gasteiger partial charge is 0.416 e. The molecule has 1 rings (SSSR count). The maximum atomic E-state index is 12.5. The van der Waals surface area contributed by atoms with Crippen molar-refractivity contribution in [3.63, 3.8) is 0 Å². The van der Waals surface area contributed by atoms with Crippen molar-refractivity contribution in [3.8, 4) is 0 Å². The molecule has 0 aliphatic carbocycles. The van der Waals surface area contributed by atoms with Crippen molar-refractivity contribution in [2.24, 2.45) is 5.92 Å². The monoisotopic (exact) mass is 273 g/mol. The minimum Gasteiger partial charge on any atom is -0.326 e. The average Bonchev–Trinajstić information content (AvgIpc) is 2.27. The Balaban J connectivity index is 2.73. The summed E-state index contributed by atoms with van der Waals surface area (Å²) in [6, 6.07) is 4.28. The number of Topliss-reactive ketones (excluding diaryl/α,β-unsaturated/α-hetero) is 1. The van der Waals surface area contributed by atoms with Crippen LogP contribution in [0.25, 0.3) is 0 Å². The van der Waals surface area contributed by atoms with Gasteiger partial charge in [-0.3, -0.25) is 9.59 Å². The Morgan fingerprint density at radius 3 is 2.42 bits per heavy atom. The summed E-state index contributed by atoms with van der Waals surface area (Å²) in [6.07, 6.45) is -4.80. The molecule has 0 unspecified atom stereocenters. The van der Waals surface area contributed by atoms with E-state index in [9.17, 15) is 22.8 Å². The molecule has 1 aromatic carbocycles. The van der Waals surface area contributed by atoms with Crippen LogP contribution in [0.4, 0.5) is 18.9 Å². The summed E-state index contributed by atoms with van der Waals surface area (Å²) >= 11 is 0. The molecule has 1 N–H and O–H groups in total. The van der Waals surface area contributed by atoms with Crippen molar-refractivity contribution in [2.75, 3.05) is 5.32 Å². The molecule has 0 radical (unpaired) electrons. The van der Waals surface area contributed by atoms with Gasteiger partial charge in [0, 0.05) is 11.6 Å². The van der Waals surface area contributed by atoms with Gasteiger partial charge in [0.25, 0.3) is 0 Å². The fourth-order valence-electron chi connectivity index (χ4n) is 1.34. The lowest BCUT2D eigenvalue weighted by atomic mass is 10.1. The van der Waals surface area contributed by atoms with Gasteiger partial charge in [-0.25, -0.2) is 0 Å². The second-order valence-electron chi connectivity index (χ2n) is 4.42.